The van der Waals surface area contributed by atoms with Crippen molar-refractivity contribution in [3.05, 3.63) is 0 Å². The van der Waals surface area contributed by atoms with Crippen molar-refractivity contribution in [1.82, 2.24) is 4.90 Å². The third-order valence-corrected chi connectivity index (χ3v) is 1.80. The van der Waals surface area contributed by atoms with Crippen LogP contribution in [0.5, 0.6) is 0 Å². The van der Waals surface area contributed by atoms with Gasteiger partial charge in [-0.1, -0.05) is 0 Å². The fourth-order valence-electron chi connectivity index (χ4n) is 1.21. The molecule has 0 saturated carbocycles. The molecule has 0 atom stereocenters. The Kier molecular flexibility index (Phi) is 2.13. The highest BCUT2D eigenvalue weighted by Gasteiger charge is 2.44. The topological polar surface area (TPSA) is 29.5 Å². The summed E-state index contributed by atoms with van der Waals surface area (Å²) in [5, 5.41) is 0. The van der Waals surface area contributed by atoms with E-state index in [4.69, 9.17) is 0 Å². The number of carbonyl (C=O) groups is 1. The molecule has 0 radical (unpaired) electrons. The summed E-state index contributed by atoms with van der Waals surface area (Å²) in [5.74, 6) is -0.0746. The molecule has 1 saturated heterocycles. The van der Waals surface area contributed by atoms with E-state index in [1.165, 1.54) is 18.9 Å². The molecule has 1 heterocycles. The van der Waals surface area contributed by atoms with Crippen LogP contribution >= 0.6 is 0 Å². The highest BCUT2D eigenvalue weighted by Crippen LogP contribution is 2.25. The van der Waals surface area contributed by atoms with E-state index >= 15 is 0 Å². The summed E-state index contributed by atoms with van der Waals surface area (Å²) in [7, 11) is 1.46. The maximum absolute atomic E-state index is 13.2. The van der Waals surface area contributed by atoms with Gasteiger partial charge >= 0.3 is 0 Å². The number of likely N-dealkylation sites (tertiary alicyclic amines) is 1. The van der Waals surface area contributed by atoms with E-state index < -0.39 is 5.67 Å². The van der Waals surface area contributed by atoms with E-state index in [0.29, 0.717) is 0 Å². The second kappa shape index (κ2) is 2.77. The molecule has 1 amide bonds. The van der Waals surface area contributed by atoms with Crippen LogP contribution in [0.25, 0.3) is 0 Å². The average molecular weight is 161 g/mol. The first-order valence-electron chi connectivity index (χ1n) is 3.51. The van der Waals surface area contributed by atoms with E-state index in [0.717, 1.165) is 0 Å². The number of hydrogen-bond acceptors (Lipinski definition) is 2. The highest BCUT2D eigenvalue weighted by atomic mass is 19.1. The van der Waals surface area contributed by atoms with E-state index in [1.807, 2.05) is 0 Å². The van der Waals surface area contributed by atoms with Gasteiger partial charge < -0.3 is 9.64 Å². The smallest absolute Gasteiger partial charge is 0.219 e. The first kappa shape index (κ1) is 8.46. The first-order chi connectivity index (χ1) is 5.07. The first-order valence-corrected chi connectivity index (χ1v) is 3.51. The van der Waals surface area contributed by atoms with Crippen molar-refractivity contribution in [1.29, 1.82) is 0 Å². The van der Waals surface area contributed by atoms with E-state index in [2.05, 4.69) is 4.74 Å². The molecule has 1 aliphatic rings. The van der Waals surface area contributed by atoms with Gasteiger partial charge in [0.15, 0.2) is 5.67 Å². The van der Waals surface area contributed by atoms with Crippen LogP contribution in [0.4, 0.5) is 4.39 Å². The molecule has 0 N–H and O–H groups in total. The van der Waals surface area contributed by atoms with Crippen LogP contribution in [0.3, 0.4) is 0 Å². The van der Waals surface area contributed by atoms with Crippen molar-refractivity contribution in [2.75, 3.05) is 26.8 Å². The molecule has 11 heavy (non-hydrogen) atoms. The number of rotatable bonds is 2. The minimum atomic E-state index is -1.29. The van der Waals surface area contributed by atoms with Gasteiger partial charge in [0.05, 0.1) is 19.7 Å². The summed E-state index contributed by atoms with van der Waals surface area (Å²) in [6.45, 7) is 1.87. The van der Waals surface area contributed by atoms with Gasteiger partial charge in [0, 0.05) is 14.0 Å². The van der Waals surface area contributed by atoms with Gasteiger partial charge in [-0.3, -0.25) is 4.79 Å². The Morgan fingerprint density at radius 1 is 1.73 bits per heavy atom. The van der Waals surface area contributed by atoms with Crippen molar-refractivity contribution >= 4 is 5.91 Å². The zero-order chi connectivity index (χ0) is 8.48. The summed E-state index contributed by atoms with van der Waals surface area (Å²) in [6, 6.07) is 0. The molecule has 0 aromatic heterocycles. The van der Waals surface area contributed by atoms with E-state index in [-0.39, 0.29) is 25.6 Å². The lowest BCUT2D eigenvalue weighted by Crippen LogP contribution is -2.62. The fraction of sp³-hybridized carbons (Fsp3) is 0.857. The van der Waals surface area contributed by atoms with Crippen LogP contribution in [0.15, 0.2) is 0 Å². The number of amides is 1. The Morgan fingerprint density at radius 3 is 2.64 bits per heavy atom. The summed E-state index contributed by atoms with van der Waals surface area (Å²) >= 11 is 0. The van der Waals surface area contributed by atoms with Gasteiger partial charge in [-0.15, -0.1) is 0 Å². The molecule has 4 heteroatoms. The number of carbonyl (C=O) groups excluding carboxylic acids is 1. The fourth-order valence-corrected chi connectivity index (χ4v) is 1.21. The van der Waals surface area contributed by atoms with Crippen molar-refractivity contribution < 1.29 is 13.9 Å². The zero-order valence-corrected chi connectivity index (χ0v) is 6.76. The van der Waals surface area contributed by atoms with Crippen LogP contribution in [0, 0.1) is 0 Å². The molecular weight excluding hydrogens is 149 g/mol. The standard InChI is InChI=1S/C7H12FNO2/c1-6(10)9-3-7(8,4-9)5-11-2/h3-5H2,1-2H3. The molecule has 0 spiro atoms. The largest absolute Gasteiger partial charge is 0.381 e. The van der Waals surface area contributed by atoms with E-state index in [1.54, 1.807) is 0 Å². The lowest BCUT2D eigenvalue weighted by molar-refractivity contribution is -0.147. The molecular formula is C7H12FNO2. The Balaban J connectivity index is 2.31. The lowest BCUT2D eigenvalue weighted by Gasteiger charge is -2.43. The molecule has 1 rings (SSSR count). The number of methoxy groups -OCH3 is 1. The maximum atomic E-state index is 13.2. The monoisotopic (exact) mass is 161 g/mol. The van der Waals surface area contributed by atoms with Crippen LogP contribution in [0.1, 0.15) is 6.92 Å². The summed E-state index contributed by atoms with van der Waals surface area (Å²) in [4.78, 5) is 12.1. The minimum Gasteiger partial charge on any atom is -0.381 e. The van der Waals surface area contributed by atoms with Gasteiger partial charge in [-0.05, 0) is 0 Å². The Labute approximate surface area is 65.1 Å². The normalized spacial score (nSPS) is 21.2. The lowest BCUT2D eigenvalue weighted by atomic mass is 9.97. The third-order valence-electron chi connectivity index (χ3n) is 1.80. The molecule has 0 aromatic carbocycles. The molecule has 0 aromatic rings. The highest BCUT2D eigenvalue weighted by molar-refractivity contribution is 5.74. The van der Waals surface area contributed by atoms with Crippen LogP contribution in [-0.4, -0.2) is 43.3 Å². The number of alkyl halides is 1. The molecule has 1 fully saturated rings. The van der Waals surface area contributed by atoms with Gasteiger partial charge in [-0.2, -0.15) is 0 Å². The number of halogens is 1. The molecule has 0 aliphatic carbocycles. The van der Waals surface area contributed by atoms with Gasteiger partial charge in [0.2, 0.25) is 5.91 Å². The van der Waals surface area contributed by atoms with Gasteiger partial charge in [0.1, 0.15) is 0 Å². The van der Waals surface area contributed by atoms with E-state index in [9.17, 15) is 9.18 Å². The molecule has 0 unspecified atom stereocenters. The SMILES string of the molecule is COCC1(F)CN(C(C)=O)C1. The molecule has 1 aliphatic heterocycles. The van der Waals surface area contributed by atoms with Gasteiger partial charge in [-0.25, -0.2) is 4.39 Å². The second-order valence-corrected chi connectivity index (χ2v) is 2.96. The van der Waals surface area contributed by atoms with Crippen LogP contribution < -0.4 is 0 Å². The maximum Gasteiger partial charge on any atom is 0.219 e. The van der Waals surface area contributed by atoms with Crippen molar-refractivity contribution in [2.45, 2.75) is 12.6 Å². The Bertz CT molecular complexity index is 166. The van der Waals surface area contributed by atoms with Crippen molar-refractivity contribution in [3.8, 4) is 0 Å². The van der Waals surface area contributed by atoms with Crippen molar-refractivity contribution in [2.24, 2.45) is 0 Å². The average Bonchev–Trinajstić information content (AvgIpc) is 1.82. The summed E-state index contributed by atoms with van der Waals surface area (Å²) in [5.41, 5.74) is -1.29. The quantitative estimate of drug-likeness (QED) is 0.579. The number of hydrogen-bond donors (Lipinski definition) is 0. The second-order valence-electron chi connectivity index (χ2n) is 2.96. The van der Waals surface area contributed by atoms with Crippen LogP contribution in [-0.2, 0) is 9.53 Å². The number of nitrogens with zero attached hydrogens (tertiary/aromatic N) is 1. The Morgan fingerprint density at radius 2 is 2.27 bits per heavy atom. The molecule has 0 bridgehead atoms. The predicted molar refractivity (Wildman–Crippen MR) is 38.0 cm³/mol. The number of ether oxygens (including phenoxy) is 1. The van der Waals surface area contributed by atoms with Crippen LogP contribution in [0.2, 0.25) is 0 Å². The summed E-state index contributed by atoms with van der Waals surface area (Å²) in [6.07, 6.45) is 0. The Hall–Kier alpha value is -0.640. The molecule has 64 valence electrons. The predicted octanol–water partition coefficient (Wildman–Crippen LogP) is 0.203. The van der Waals surface area contributed by atoms with Gasteiger partial charge in [0.25, 0.3) is 0 Å². The molecule has 3 nitrogen and oxygen atoms in total. The third kappa shape index (κ3) is 1.68. The van der Waals surface area contributed by atoms with Crippen molar-refractivity contribution in [3.63, 3.8) is 0 Å². The summed E-state index contributed by atoms with van der Waals surface area (Å²) < 4.78 is 17.9. The minimum absolute atomic E-state index is 0.0746. The zero-order valence-electron chi connectivity index (χ0n) is 6.76.